The second kappa shape index (κ2) is 3.95. The van der Waals surface area contributed by atoms with Gasteiger partial charge in [0.25, 0.3) is 0 Å². The zero-order valence-electron chi connectivity index (χ0n) is 9.79. The zero-order chi connectivity index (χ0) is 11.9. The Labute approximate surface area is 104 Å². The Bertz CT molecular complexity index is 543. The topological polar surface area (TPSA) is 24.9 Å². The van der Waals surface area contributed by atoms with Crippen molar-refractivity contribution in [2.45, 2.75) is 38.1 Å². The average Bonchev–Trinajstić information content (AvgIpc) is 2.84. The summed E-state index contributed by atoms with van der Waals surface area (Å²) in [5.41, 5.74) is 1.05. The van der Waals surface area contributed by atoms with Gasteiger partial charge < -0.3 is 5.32 Å². The maximum atomic E-state index is 13.1. The van der Waals surface area contributed by atoms with Gasteiger partial charge in [-0.1, -0.05) is 24.2 Å². The van der Waals surface area contributed by atoms with Crippen LogP contribution in [-0.2, 0) is 0 Å². The van der Waals surface area contributed by atoms with E-state index in [0.29, 0.717) is 0 Å². The lowest BCUT2D eigenvalue weighted by atomic mass is 10.0. The van der Waals surface area contributed by atoms with Crippen molar-refractivity contribution in [3.8, 4) is 0 Å². The van der Waals surface area contributed by atoms with Gasteiger partial charge >= 0.3 is 0 Å². The number of halogens is 1. The Morgan fingerprint density at radius 3 is 2.88 bits per heavy atom. The first-order chi connectivity index (χ1) is 8.15. The van der Waals surface area contributed by atoms with Gasteiger partial charge in [0.1, 0.15) is 5.82 Å². The lowest BCUT2D eigenvalue weighted by Crippen LogP contribution is -2.30. The second-order valence-electron chi connectivity index (χ2n) is 5.02. The summed E-state index contributed by atoms with van der Waals surface area (Å²) in [7, 11) is 0. The van der Waals surface area contributed by atoms with Gasteiger partial charge in [-0.15, -0.1) is 0 Å². The number of fused-ring (bicyclic) bond motifs is 1. The number of anilines is 1. The maximum Gasteiger partial charge on any atom is 0.184 e. The third kappa shape index (κ3) is 2.14. The fourth-order valence-electron chi connectivity index (χ4n) is 2.49. The molecule has 1 fully saturated rings. The predicted molar refractivity (Wildman–Crippen MR) is 70.1 cm³/mol. The van der Waals surface area contributed by atoms with Crippen LogP contribution in [0.15, 0.2) is 18.2 Å². The molecule has 3 rings (SSSR count). The van der Waals surface area contributed by atoms with Crippen molar-refractivity contribution in [2.75, 3.05) is 5.32 Å². The van der Waals surface area contributed by atoms with Gasteiger partial charge in [0.15, 0.2) is 5.13 Å². The number of nitrogens with one attached hydrogen (secondary N) is 1. The van der Waals surface area contributed by atoms with E-state index < -0.39 is 0 Å². The molecule has 1 heterocycles. The fraction of sp³-hybridized carbons (Fsp3) is 0.462. The van der Waals surface area contributed by atoms with Crippen LogP contribution in [0.3, 0.4) is 0 Å². The summed E-state index contributed by atoms with van der Waals surface area (Å²) in [5.74, 6) is -0.195. The van der Waals surface area contributed by atoms with Gasteiger partial charge in [0, 0.05) is 5.54 Å². The first-order valence-corrected chi connectivity index (χ1v) is 6.81. The molecule has 1 aromatic carbocycles. The van der Waals surface area contributed by atoms with Crippen LogP contribution in [0, 0.1) is 5.82 Å². The van der Waals surface area contributed by atoms with Gasteiger partial charge in [-0.05, 0) is 38.0 Å². The van der Waals surface area contributed by atoms with Crippen molar-refractivity contribution < 1.29 is 4.39 Å². The molecule has 1 saturated carbocycles. The Balaban J connectivity index is 1.90. The molecule has 0 unspecified atom stereocenters. The van der Waals surface area contributed by atoms with Crippen molar-refractivity contribution >= 4 is 26.7 Å². The number of hydrogen-bond donors (Lipinski definition) is 1. The van der Waals surface area contributed by atoms with E-state index in [1.807, 2.05) is 0 Å². The Kier molecular flexibility index (Phi) is 2.54. The molecule has 17 heavy (non-hydrogen) atoms. The smallest absolute Gasteiger partial charge is 0.184 e. The average molecular weight is 250 g/mol. The molecule has 0 bridgehead atoms. The molecule has 0 amide bonds. The van der Waals surface area contributed by atoms with E-state index in [9.17, 15) is 4.39 Å². The summed E-state index contributed by atoms with van der Waals surface area (Å²) >= 11 is 1.53. The van der Waals surface area contributed by atoms with E-state index in [1.165, 1.54) is 43.1 Å². The highest BCUT2D eigenvalue weighted by Crippen LogP contribution is 2.35. The highest BCUT2D eigenvalue weighted by molar-refractivity contribution is 7.22. The van der Waals surface area contributed by atoms with E-state index in [4.69, 9.17) is 0 Å². The summed E-state index contributed by atoms with van der Waals surface area (Å²) in [6.07, 6.45) is 4.95. The molecule has 0 aliphatic heterocycles. The van der Waals surface area contributed by atoms with E-state index >= 15 is 0 Å². The van der Waals surface area contributed by atoms with Crippen LogP contribution in [-0.4, -0.2) is 10.5 Å². The van der Waals surface area contributed by atoms with Gasteiger partial charge in [-0.2, -0.15) is 0 Å². The van der Waals surface area contributed by atoms with Crippen LogP contribution in [0.25, 0.3) is 10.2 Å². The molecule has 1 aliphatic carbocycles. The molecule has 4 heteroatoms. The molecule has 90 valence electrons. The summed E-state index contributed by atoms with van der Waals surface area (Å²) in [4.78, 5) is 4.50. The number of benzene rings is 1. The van der Waals surface area contributed by atoms with Gasteiger partial charge in [-0.3, -0.25) is 0 Å². The number of aromatic nitrogens is 1. The van der Waals surface area contributed by atoms with Crippen LogP contribution < -0.4 is 5.32 Å². The molecule has 1 N–H and O–H groups in total. The third-order valence-corrected chi connectivity index (χ3v) is 4.40. The molecule has 1 aliphatic rings. The first kappa shape index (κ1) is 11.0. The lowest BCUT2D eigenvalue weighted by molar-refractivity contribution is 0.533. The molecule has 0 atom stereocenters. The highest BCUT2D eigenvalue weighted by Gasteiger charge is 2.29. The minimum absolute atomic E-state index is 0.173. The van der Waals surface area contributed by atoms with Crippen molar-refractivity contribution in [1.29, 1.82) is 0 Å². The SMILES string of the molecule is CC1(Nc2nc3ccc(F)cc3s2)CCCC1. The molecule has 1 aromatic heterocycles. The van der Waals surface area contributed by atoms with Crippen molar-refractivity contribution in [2.24, 2.45) is 0 Å². The first-order valence-electron chi connectivity index (χ1n) is 5.99. The number of rotatable bonds is 2. The van der Waals surface area contributed by atoms with E-state index in [1.54, 1.807) is 12.1 Å². The van der Waals surface area contributed by atoms with Crippen LogP contribution in [0.5, 0.6) is 0 Å². The Morgan fingerprint density at radius 2 is 2.12 bits per heavy atom. The quantitative estimate of drug-likeness (QED) is 0.864. The highest BCUT2D eigenvalue weighted by atomic mass is 32.1. The number of nitrogens with zero attached hydrogens (tertiary/aromatic N) is 1. The van der Waals surface area contributed by atoms with Crippen molar-refractivity contribution in [3.05, 3.63) is 24.0 Å². The largest absolute Gasteiger partial charge is 0.356 e. The van der Waals surface area contributed by atoms with E-state index in [0.717, 1.165) is 15.3 Å². The molecular formula is C13H15FN2S. The number of hydrogen-bond acceptors (Lipinski definition) is 3. The van der Waals surface area contributed by atoms with Crippen LogP contribution in [0.4, 0.5) is 9.52 Å². The summed E-state index contributed by atoms with van der Waals surface area (Å²) < 4.78 is 14.0. The predicted octanol–water partition coefficient (Wildman–Crippen LogP) is 4.18. The summed E-state index contributed by atoms with van der Waals surface area (Å²) in [6.45, 7) is 2.24. The Hall–Kier alpha value is -1.16. The summed E-state index contributed by atoms with van der Waals surface area (Å²) in [6, 6.07) is 4.75. The standard InChI is InChI=1S/C13H15FN2S/c1-13(6-2-3-7-13)16-12-15-10-5-4-9(14)8-11(10)17-12/h4-5,8H,2-3,6-7H2,1H3,(H,15,16). The monoisotopic (exact) mass is 250 g/mol. The zero-order valence-corrected chi connectivity index (χ0v) is 10.6. The second-order valence-corrected chi connectivity index (χ2v) is 6.05. The fourth-order valence-corrected chi connectivity index (χ4v) is 3.53. The third-order valence-electron chi connectivity index (χ3n) is 3.47. The van der Waals surface area contributed by atoms with Crippen molar-refractivity contribution in [1.82, 2.24) is 4.98 Å². The minimum atomic E-state index is -0.195. The molecular weight excluding hydrogens is 235 g/mol. The lowest BCUT2D eigenvalue weighted by Gasteiger charge is -2.24. The van der Waals surface area contributed by atoms with Crippen molar-refractivity contribution in [3.63, 3.8) is 0 Å². The normalized spacial score (nSPS) is 18.7. The van der Waals surface area contributed by atoms with E-state index in [-0.39, 0.29) is 11.4 Å². The minimum Gasteiger partial charge on any atom is -0.356 e. The molecule has 2 aromatic rings. The van der Waals surface area contributed by atoms with Crippen LogP contribution in [0.1, 0.15) is 32.6 Å². The van der Waals surface area contributed by atoms with Crippen LogP contribution >= 0.6 is 11.3 Å². The molecule has 2 nitrogen and oxygen atoms in total. The van der Waals surface area contributed by atoms with Gasteiger partial charge in [0.05, 0.1) is 10.2 Å². The number of thiazole rings is 1. The maximum absolute atomic E-state index is 13.1. The van der Waals surface area contributed by atoms with E-state index in [2.05, 4.69) is 17.2 Å². The Morgan fingerprint density at radius 1 is 1.35 bits per heavy atom. The summed E-state index contributed by atoms with van der Waals surface area (Å²) in [5, 5.41) is 4.42. The molecule has 0 radical (unpaired) electrons. The van der Waals surface area contributed by atoms with Gasteiger partial charge in [-0.25, -0.2) is 9.37 Å². The molecule has 0 saturated heterocycles. The van der Waals surface area contributed by atoms with Crippen LogP contribution in [0.2, 0.25) is 0 Å². The van der Waals surface area contributed by atoms with Gasteiger partial charge in [0.2, 0.25) is 0 Å². The molecule has 0 spiro atoms.